The van der Waals surface area contributed by atoms with Crippen molar-refractivity contribution in [2.45, 2.75) is 32.1 Å². The van der Waals surface area contributed by atoms with Crippen LogP contribution < -0.4 is 0 Å². The van der Waals surface area contributed by atoms with Crippen molar-refractivity contribution in [2.75, 3.05) is 13.7 Å². The molecule has 5 heteroatoms. The van der Waals surface area contributed by atoms with E-state index in [0.717, 1.165) is 41.7 Å². The van der Waals surface area contributed by atoms with E-state index in [0.29, 0.717) is 5.57 Å². The summed E-state index contributed by atoms with van der Waals surface area (Å²) in [5.41, 5.74) is 2.27. The molecule has 2 amide bonds. The fourth-order valence-electron chi connectivity index (χ4n) is 3.79. The summed E-state index contributed by atoms with van der Waals surface area (Å²) in [6.07, 6.45) is 11.7. The van der Waals surface area contributed by atoms with Gasteiger partial charge in [-0.3, -0.25) is 14.5 Å². The number of rotatable bonds is 6. The van der Waals surface area contributed by atoms with Gasteiger partial charge in [-0.25, -0.2) is 4.79 Å². The van der Waals surface area contributed by atoms with Crippen LogP contribution in [-0.2, 0) is 19.1 Å². The summed E-state index contributed by atoms with van der Waals surface area (Å²) in [5.74, 6) is -1.09. The molecular formula is C23H25NO4. The third-order valence-electron chi connectivity index (χ3n) is 5.30. The van der Waals surface area contributed by atoms with E-state index in [1.54, 1.807) is 0 Å². The van der Waals surface area contributed by atoms with E-state index in [4.69, 9.17) is 4.74 Å². The van der Waals surface area contributed by atoms with Crippen molar-refractivity contribution < 1.29 is 19.1 Å². The van der Waals surface area contributed by atoms with E-state index in [9.17, 15) is 14.4 Å². The number of methoxy groups -OCH3 is 1. The predicted octanol–water partition coefficient (Wildman–Crippen LogP) is 3.67. The monoisotopic (exact) mass is 379 g/mol. The molecule has 1 aromatic rings. The molecule has 1 heterocycles. The van der Waals surface area contributed by atoms with Crippen LogP contribution in [0.2, 0.25) is 0 Å². The lowest BCUT2D eigenvalue weighted by Crippen LogP contribution is -2.34. The highest BCUT2D eigenvalue weighted by atomic mass is 16.5. The number of esters is 1. The fourth-order valence-corrected chi connectivity index (χ4v) is 3.79. The minimum Gasteiger partial charge on any atom is -0.466 e. The second-order valence-electron chi connectivity index (χ2n) is 7.10. The second-order valence-corrected chi connectivity index (χ2v) is 7.10. The fraction of sp³-hybridized carbons (Fsp3) is 0.348. The molecule has 146 valence electrons. The second kappa shape index (κ2) is 9.31. The lowest BCUT2D eigenvalue weighted by Gasteiger charge is -2.26. The molecule has 28 heavy (non-hydrogen) atoms. The van der Waals surface area contributed by atoms with Crippen LogP contribution in [0.3, 0.4) is 0 Å². The number of amides is 2. The van der Waals surface area contributed by atoms with Gasteiger partial charge in [0, 0.05) is 12.2 Å². The molecule has 0 radical (unpaired) electrons. The quantitative estimate of drug-likeness (QED) is 0.327. The molecule has 0 saturated heterocycles. The van der Waals surface area contributed by atoms with Gasteiger partial charge in [0.2, 0.25) is 0 Å². The number of ether oxygens (including phenoxy) is 1. The number of hydrogen-bond acceptors (Lipinski definition) is 4. The Balaban J connectivity index is 2.00. The van der Waals surface area contributed by atoms with Crippen LogP contribution in [0.25, 0.3) is 6.08 Å². The molecule has 0 bridgehead atoms. The molecule has 0 spiro atoms. The van der Waals surface area contributed by atoms with Gasteiger partial charge in [-0.2, -0.15) is 0 Å². The van der Waals surface area contributed by atoms with Crippen LogP contribution in [0.15, 0.2) is 59.7 Å². The van der Waals surface area contributed by atoms with Gasteiger partial charge in [0.25, 0.3) is 11.8 Å². The maximum Gasteiger partial charge on any atom is 0.335 e. The van der Waals surface area contributed by atoms with Gasteiger partial charge < -0.3 is 4.74 Å². The summed E-state index contributed by atoms with van der Waals surface area (Å²) in [6.45, 7) is -0.0672. The number of hydrogen-bond donors (Lipinski definition) is 0. The van der Waals surface area contributed by atoms with Crippen molar-refractivity contribution in [1.29, 1.82) is 0 Å². The van der Waals surface area contributed by atoms with Crippen molar-refractivity contribution >= 4 is 23.9 Å². The van der Waals surface area contributed by atoms with Crippen molar-refractivity contribution in [3.05, 3.63) is 65.3 Å². The Morgan fingerprint density at radius 3 is 2.32 bits per heavy atom. The van der Waals surface area contributed by atoms with E-state index in [2.05, 4.69) is 0 Å². The molecule has 0 unspecified atom stereocenters. The first kappa shape index (κ1) is 19.8. The predicted molar refractivity (Wildman–Crippen MR) is 107 cm³/mol. The van der Waals surface area contributed by atoms with Crippen molar-refractivity contribution in [2.24, 2.45) is 5.92 Å². The Kier molecular flexibility index (Phi) is 6.58. The van der Waals surface area contributed by atoms with Gasteiger partial charge in [0.05, 0.1) is 19.2 Å². The lowest BCUT2D eigenvalue weighted by molar-refractivity contribution is -0.138. The maximum atomic E-state index is 12.6. The Bertz CT molecular complexity index is 811. The van der Waals surface area contributed by atoms with E-state index in [-0.39, 0.29) is 12.5 Å². The summed E-state index contributed by atoms with van der Waals surface area (Å²) in [6, 6.07) is 9.84. The van der Waals surface area contributed by atoms with Gasteiger partial charge in [-0.05, 0) is 29.9 Å². The standard InChI is InChI=1S/C23H25NO4/c1-28-23(27)20(16-24-21(25)14-15-22(24)26)19(18-10-6-3-7-11-18)13-12-17-8-4-2-5-9-17/h2,4-5,8-9,12-15,18H,3,6-7,10-11,16H2,1H3. The van der Waals surface area contributed by atoms with Gasteiger partial charge >= 0.3 is 5.97 Å². The largest absolute Gasteiger partial charge is 0.466 e. The Morgan fingerprint density at radius 2 is 1.71 bits per heavy atom. The summed E-state index contributed by atoms with van der Waals surface area (Å²) in [4.78, 5) is 37.8. The summed E-state index contributed by atoms with van der Waals surface area (Å²) >= 11 is 0. The lowest BCUT2D eigenvalue weighted by atomic mass is 9.81. The molecular weight excluding hydrogens is 354 g/mol. The number of carbonyl (C=O) groups is 3. The van der Waals surface area contributed by atoms with Crippen LogP contribution in [0.5, 0.6) is 0 Å². The van der Waals surface area contributed by atoms with Crippen LogP contribution in [0.1, 0.15) is 37.7 Å². The minimum atomic E-state index is -0.495. The summed E-state index contributed by atoms with van der Waals surface area (Å²) < 4.78 is 5.02. The number of benzene rings is 1. The first-order valence-electron chi connectivity index (χ1n) is 9.68. The Hall–Kier alpha value is -2.95. The highest BCUT2D eigenvalue weighted by Crippen LogP contribution is 2.33. The third kappa shape index (κ3) is 4.66. The molecule has 0 N–H and O–H groups in total. The van der Waals surface area contributed by atoms with Crippen LogP contribution in [0, 0.1) is 5.92 Å². The number of nitrogens with zero attached hydrogens (tertiary/aromatic N) is 1. The first-order valence-corrected chi connectivity index (χ1v) is 9.68. The summed E-state index contributed by atoms with van der Waals surface area (Å²) in [7, 11) is 1.33. The zero-order valence-electron chi connectivity index (χ0n) is 16.1. The molecule has 1 fully saturated rings. The normalized spacial score (nSPS) is 18.7. The van der Waals surface area contributed by atoms with Crippen LogP contribution in [0.4, 0.5) is 0 Å². The molecule has 2 aliphatic rings. The maximum absolute atomic E-state index is 12.6. The zero-order chi connectivity index (χ0) is 19.9. The zero-order valence-corrected chi connectivity index (χ0v) is 16.1. The van der Waals surface area contributed by atoms with Crippen molar-refractivity contribution in [3.8, 4) is 0 Å². The SMILES string of the molecule is COC(=O)C(CN1C(=O)C=CC1=O)=C(C=Cc1ccccc1)C1CCCCC1. The van der Waals surface area contributed by atoms with Gasteiger partial charge in [-0.1, -0.05) is 61.7 Å². The van der Waals surface area contributed by atoms with Crippen molar-refractivity contribution in [1.82, 2.24) is 4.90 Å². The van der Waals surface area contributed by atoms with E-state index < -0.39 is 17.8 Å². The van der Waals surface area contributed by atoms with Gasteiger partial charge in [0.15, 0.2) is 0 Å². The number of allylic oxidation sites excluding steroid dienone is 2. The molecule has 0 atom stereocenters. The minimum absolute atomic E-state index is 0.0672. The van der Waals surface area contributed by atoms with E-state index >= 15 is 0 Å². The molecule has 5 nitrogen and oxygen atoms in total. The van der Waals surface area contributed by atoms with Crippen LogP contribution >= 0.6 is 0 Å². The highest BCUT2D eigenvalue weighted by Gasteiger charge is 2.30. The van der Waals surface area contributed by atoms with Crippen LogP contribution in [-0.4, -0.2) is 36.3 Å². The number of carbonyl (C=O) groups excluding carboxylic acids is 3. The third-order valence-corrected chi connectivity index (χ3v) is 5.30. The van der Waals surface area contributed by atoms with E-state index in [1.807, 2.05) is 42.5 Å². The smallest absolute Gasteiger partial charge is 0.335 e. The average molecular weight is 379 g/mol. The Labute approximate surface area is 165 Å². The van der Waals surface area contributed by atoms with Gasteiger partial charge in [0.1, 0.15) is 0 Å². The van der Waals surface area contributed by atoms with Gasteiger partial charge in [-0.15, -0.1) is 0 Å². The topological polar surface area (TPSA) is 63.7 Å². The molecule has 1 aromatic carbocycles. The highest BCUT2D eigenvalue weighted by molar-refractivity contribution is 6.13. The first-order chi connectivity index (χ1) is 13.6. The Morgan fingerprint density at radius 1 is 1.07 bits per heavy atom. The molecule has 1 aliphatic carbocycles. The molecule has 0 aromatic heterocycles. The molecule has 1 aliphatic heterocycles. The summed E-state index contributed by atoms with van der Waals surface area (Å²) in [5, 5.41) is 0. The average Bonchev–Trinajstić information content (AvgIpc) is 3.06. The van der Waals surface area contributed by atoms with Crippen molar-refractivity contribution in [3.63, 3.8) is 0 Å². The number of imide groups is 1. The molecule has 3 rings (SSSR count). The molecule has 1 saturated carbocycles. The van der Waals surface area contributed by atoms with E-state index in [1.165, 1.54) is 25.7 Å².